The summed E-state index contributed by atoms with van der Waals surface area (Å²) in [4.78, 5) is 11.5. The summed E-state index contributed by atoms with van der Waals surface area (Å²) in [5, 5.41) is 6.35. The van der Waals surface area contributed by atoms with Gasteiger partial charge in [-0.15, -0.1) is 0 Å². The molecule has 0 heterocycles. The third-order valence-corrected chi connectivity index (χ3v) is 2.96. The molecule has 1 fully saturated rings. The van der Waals surface area contributed by atoms with E-state index < -0.39 is 5.60 Å². The number of hydrogen-bond donors (Lipinski definition) is 2. The van der Waals surface area contributed by atoms with Crippen LogP contribution < -0.4 is 10.6 Å². The molecule has 0 atom stereocenters. The average Bonchev–Trinajstić information content (AvgIpc) is 2.22. The molecule has 0 radical (unpaired) electrons. The Bertz CT molecular complexity index is 270. The van der Waals surface area contributed by atoms with E-state index in [-0.39, 0.29) is 12.1 Å². The largest absolute Gasteiger partial charge is 0.444 e. The molecule has 0 aromatic heterocycles. The summed E-state index contributed by atoms with van der Waals surface area (Å²) in [6.07, 6.45) is 2.68. The first kappa shape index (κ1) is 16.2. The van der Waals surface area contributed by atoms with Crippen molar-refractivity contribution in [1.29, 1.82) is 0 Å². The van der Waals surface area contributed by atoms with Crippen LogP contribution in [0.25, 0.3) is 0 Å². The zero-order valence-electron chi connectivity index (χ0n) is 12.6. The van der Waals surface area contributed by atoms with Crippen LogP contribution in [0.15, 0.2) is 0 Å². The van der Waals surface area contributed by atoms with E-state index in [1.165, 1.54) is 0 Å². The van der Waals surface area contributed by atoms with E-state index >= 15 is 0 Å². The van der Waals surface area contributed by atoms with Crippen LogP contribution in [0.2, 0.25) is 0 Å². The van der Waals surface area contributed by atoms with Crippen LogP contribution in [-0.4, -0.2) is 43.5 Å². The Hall–Kier alpha value is -0.810. The fraction of sp³-hybridized carbons (Fsp3) is 0.929. The van der Waals surface area contributed by atoms with Crippen LogP contribution in [0.5, 0.6) is 0 Å². The van der Waals surface area contributed by atoms with Crippen molar-refractivity contribution in [2.45, 2.75) is 64.6 Å². The molecule has 2 N–H and O–H groups in total. The average molecular weight is 272 g/mol. The first-order valence-corrected chi connectivity index (χ1v) is 7.21. The van der Waals surface area contributed by atoms with Gasteiger partial charge in [0.1, 0.15) is 5.60 Å². The van der Waals surface area contributed by atoms with E-state index in [0.717, 1.165) is 39.0 Å². The van der Waals surface area contributed by atoms with Crippen molar-refractivity contribution < 1.29 is 14.3 Å². The van der Waals surface area contributed by atoms with Gasteiger partial charge in [0.15, 0.2) is 0 Å². The number of carbonyl (C=O) groups excluding carboxylic acids is 1. The second-order valence-electron chi connectivity index (χ2n) is 6.02. The standard InChI is InChI=1S/C14H28N2O3/c1-5-18-8-6-7-15-11-9-12(10-11)16-13(17)19-14(2,3)4/h11-12,15H,5-10H2,1-4H3,(H,16,17). The summed E-state index contributed by atoms with van der Waals surface area (Å²) >= 11 is 0. The predicted molar refractivity (Wildman–Crippen MR) is 75.3 cm³/mol. The molecule has 1 aliphatic carbocycles. The summed E-state index contributed by atoms with van der Waals surface area (Å²) in [5.74, 6) is 0. The molecule has 112 valence electrons. The van der Waals surface area contributed by atoms with E-state index in [4.69, 9.17) is 9.47 Å². The monoisotopic (exact) mass is 272 g/mol. The van der Waals surface area contributed by atoms with Gasteiger partial charge < -0.3 is 20.1 Å². The molecule has 0 spiro atoms. The Morgan fingerprint density at radius 2 is 1.95 bits per heavy atom. The second kappa shape index (κ2) is 7.70. The van der Waals surface area contributed by atoms with Gasteiger partial charge in [0.2, 0.25) is 0 Å². The van der Waals surface area contributed by atoms with Crippen molar-refractivity contribution in [2.75, 3.05) is 19.8 Å². The molecule has 5 nitrogen and oxygen atoms in total. The molecule has 0 saturated heterocycles. The molecule has 1 aliphatic rings. The van der Waals surface area contributed by atoms with E-state index in [1.807, 2.05) is 27.7 Å². The Morgan fingerprint density at radius 1 is 1.26 bits per heavy atom. The zero-order valence-corrected chi connectivity index (χ0v) is 12.6. The normalized spacial score (nSPS) is 22.7. The highest BCUT2D eigenvalue weighted by atomic mass is 16.6. The van der Waals surface area contributed by atoms with Crippen LogP contribution in [0.1, 0.15) is 47.0 Å². The summed E-state index contributed by atoms with van der Waals surface area (Å²) in [6, 6.07) is 0.765. The van der Waals surface area contributed by atoms with E-state index in [9.17, 15) is 4.79 Å². The van der Waals surface area contributed by atoms with Gasteiger partial charge in [0.05, 0.1) is 0 Å². The van der Waals surface area contributed by atoms with Crippen LogP contribution in [0.3, 0.4) is 0 Å². The van der Waals surface area contributed by atoms with Gasteiger partial charge in [-0.1, -0.05) is 0 Å². The number of carbonyl (C=O) groups is 1. The van der Waals surface area contributed by atoms with E-state index in [0.29, 0.717) is 6.04 Å². The van der Waals surface area contributed by atoms with Crippen molar-refractivity contribution in [3.05, 3.63) is 0 Å². The van der Waals surface area contributed by atoms with E-state index in [1.54, 1.807) is 0 Å². The molecule has 1 amide bonds. The van der Waals surface area contributed by atoms with Crippen molar-refractivity contribution in [1.82, 2.24) is 10.6 Å². The molecule has 1 rings (SSSR count). The van der Waals surface area contributed by atoms with Gasteiger partial charge in [0, 0.05) is 25.3 Å². The highest BCUT2D eigenvalue weighted by molar-refractivity contribution is 5.68. The first-order chi connectivity index (χ1) is 8.90. The van der Waals surface area contributed by atoms with Crippen LogP contribution >= 0.6 is 0 Å². The lowest BCUT2D eigenvalue weighted by Gasteiger charge is -2.36. The molecule has 19 heavy (non-hydrogen) atoms. The van der Waals surface area contributed by atoms with Gasteiger partial charge in [-0.2, -0.15) is 0 Å². The molecule has 0 aromatic carbocycles. The Morgan fingerprint density at radius 3 is 2.53 bits per heavy atom. The minimum Gasteiger partial charge on any atom is -0.444 e. The number of rotatable bonds is 7. The van der Waals surface area contributed by atoms with Crippen molar-refractivity contribution in [2.24, 2.45) is 0 Å². The SMILES string of the molecule is CCOCCCNC1CC(NC(=O)OC(C)(C)C)C1. The third-order valence-electron chi connectivity index (χ3n) is 2.96. The quantitative estimate of drug-likeness (QED) is 0.696. The molecular formula is C14H28N2O3. The second-order valence-corrected chi connectivity index (χ2v) is 6.02. The molecule has 0 aliphatic heterocycles. The maximum atomic E-state index is 11.5. The fourth-order valence-electron chi connectivity index (χ4n) is 2.00. The maximum absolute atomic E-state index is 11.5. The summed E-state index contributed by atoms with van der Waals surface area (Å²) in [7, 11) is 0. The zero-order chi connectivity index (χ0) is 14.3. The lowest BCUT2D eigenvalue weighted by Crippen LogP contribution is -2.53. The number of alkyl carbamates (subject to hydrolysis) is 1. The van der Waals surface area contributed by atoms with E-state index in [2.05, 4.69) is 10.6 Å². The van der Waals surface area contributed by atoms with Crippen LogP contribution in [-0.2, 0) is 9.47 Å². The molecular weight excluding hydrogens is 244 g/mol. The Kier molecular flexibility index (Phi) is 6.58. The Balaban J connectivity index is 1.99. The molecule has 0 aromatic rings. The third kappa shape index (κ3) is 7.38. The van der Waals surface area contributed by atoms with Gasteiger partial charge in [-0.25, -0.2) is 4.79 Å². The number of hydrogen-bond acceptors (Lipinski definition) is 4. The highest BCUT2D eigenvalue weighted by Crippen LogP contribution is 2.20. The fourth-order valence-corrected chi connectivity index (χ4v) is 2.00. The number of ether oxygens (including phenoxy) is 2. The van der Waals surface area contributed by atoms with Gasteiger partial charge in [-0.3, -0.25) is 0 Å². The van der Waals surface area contributed by atoms with Crippen molar-refractivity contribution in [3.8, 4) is 0 Å². The minimum absolute atomic E-state index is 0.249. The smallest absolute Gasteiger partial charge is 0.407 e. The van der Waals surface area contributed by atoms with Crippen LogP contribution in [0, 0.1) is 0 Å². The van der Waals surface area contributed by atoms with Gasteiger partial charge in [-0.05, 0) is 53.5 Å². The minimum atomic E-state index is -0.426. The Labute approximate surface area is 116 Å². The lowest BCUT2D eigenvalue weighted by molar-refractivity contribution is 0.0465. The maximum Gasteiger partial charge on any atom is 0.407 e. The molecule has 0 unspecified atom stereocenters. The van der Waals surface area contributed by atoms with Crippen LogP contribution in [0.4, 0.5) is 4.79 Å². The van der Waals surface area contributed by atoms with Crippen molar-refractivity contribution >= 4 is 6.09 Å². The topological polar surface area (TPSA) is 59.6 Å². The highest BCUT2D eigenvalue weighted by Gasteiger charge is 2.30. The first-order valence-electron chi connectivity index (χ1n) is 7.21. The summed E-state index contributed by atoms with van der Waals surface area (Å²) in [6.45, 7) is 10.2. The predicted octanol–water partition coefficient (Wildman–Crippen LogP) is 2.06. The lowest BCUT2D eigenvalue weighted by atomic mass is 9.87. The summed E-state index contributed by atoms with van der Waals surface area (Å²) < 4.78 is 10.5. The summed E-state index contributed by atoms with van der Waals surface area (Å²) in [5.41, 5.74) is -0.426. The number of amides is 1. The molecule has 1 saturated carbocycles. The number of nitrogens with one attached hydrogen (secondary N) is 2. The van der Waals surface area contributed by atoms with Gasteiger partial charge >= 0.3 is 6.09 Å². The van der Waals surface area contributed by atoms with Gasteiger partial charge in [0.25, 0.3) is 0 Å². The van der Waals surface area contributed by atoms with Crippen molar-refractivity contribution in [3.63, 3.8) is 0 Å². The molecule has 5 heteroatoms. The molecule has 0 bridgehead atoms.